The van der Waals surface area contributed by atoms with Crippen molar-refractivity contribution < 1.29 is 58.8 Å². The van der Waals surface area contributed by atoms with Gasteiger partial charge in [0, 0.05) is 0 Å². The van der Waals surface area contributed by atoms with Gasteiger partial charge in [0.05, 0.1) is 0 Å². The Kier molecular flexibility index (Phi) is 15.7. The van der Waals surface area contributed by atoms with Gasteiger partial charge in [-0.1, -0.05) is 0 Å². The van der Waals surface area contributed by atoms with E-state index in [2.05, 4.69) is 1.53 Å². The van der Waals surface area contributed by atoms with Gasteiger partial charge in [0.1, 0.15) is 0 Å². The van der Waals surface area contributed by atoms with Crippen LogP contribution in [0.5, 0.6) is 0 Å². The fourth-order valence-corrected chi connectivity index (χ4v) is 3.93. The molecule has 0 spiro atoms. The molecular weight excluding hydrogens is 693 g/mol. The summed E-state index contributed by atoms with van der Waals surface area (Å²) >= 11 is -7.90. The summed E-state index contributed by atoms with van der Waals surface area (Å²) in [5.41, 5.74) is 0. The van der Waals surface area contributed by atoms with Crippen LogP contribution >= 0.6 is 0 Å². The van der Waals surface area contributed by atoms with E-state index in [0.717, 1.165) is 0 Å². The van der Waals surface area contributed by atoms with Gasteiger partial charge < -0.3 is 0 Å². The molecule has 0 amide bonds. The summed E-state index contributed by atoms with van der Waals surface area (Å²) in [6.07, 6.45) is 0. The minimum atomic E-state index is -4.29. The fraction of sp³-hybridized carbons (Fsp3) is 0. The van der Waals surface area contributed by atoms with Crippen LogP contribution in [0.4, 0.5) is 0 Å². The molecule has 0 aliphatic carbocycles. The van der Waals surface area contributed by atoms with Crippen molar-refractivity contribution in [1.29, 1.82) is 0 Å². The third-order valence-electron chi connectivity index (χ3n) is 0.250. The van der Waals surface area contributed by atoms with E-state index in [-0.39, 0.29) is 27.3 Å². The van der Waals surface area contributed by atoms with Crippen LogP contribution in [0.25, 0.3) is 0 Å². The van der Waals surface area contributed by atoms with E-state index >= 15 is 0 Å². The van der Waals surface area contributed by atoms with E-state index in [1.54, 1.807) is 0 Å². The van der Waals surface area contributed by atoms with E-state index < -0.39 is 70.4 Å². The first kappa shape index (κ1) is 15.5. The molecule has 10 heteroatoms. The Morgan fingerprint density at radius 3 is 1.60 bits per heavy atom. The second-order valence-electron chi connectivity index (χ2n) is 0.787. The maximum absolute atomic E-state index is 9.78. The average molecular weight is 693 g/mol. The van der Waals surface area contributed by atoms with E-state index in [1.165, 1.54) is 0 Å². The Bertz CT molecular complexity index is 113. The molecule has 1 fully saturated rings. The van der Waals surface area contributed by atoms with Crippen molar-refractivity contribution in [3.8, 4) is 0 Å². The first-order valence-electron chi connectivity index (χ1n) is 1.63. The van der Waals surface area contributed by atoms with Gasteiger partial charge in [-0.25, -0.2) is 0 Å². The zero-order valence-corrected chi connectivity index (χ0v) is 17.1. The Balaban J connectivity index is 0. The van der Waals surface area contributed by atoms with Crippen LogP contribution in [0, 0.1) is 0 Å². The first-order valence-corrected chi connectivity index (χ1v) is 10.8. The minimum Gasteiger partial charge on any atom is 2.00 e. The zero-order valence-electron chi connectivity index (χ0n) is 4.45. The summed E-state index contributed by atoms with van der Waals surface area (Å²) in [6.45, 7) is 0. The molecule has 6 nitrogen and oxygen atoms in total. The SMILES string of the molecule is [O]=[Zr]([O-])[O-].[O]=[Zr]1[O][Pb][O]1.[Pb+2]. The average Bonchev–Trinajstić information content (AvgIpc) is 1.59. The first-order chi connectivity index (χ1) is 4.13. The molecule has 0 unspecified atom stereocenters. The van der Waals surface area contributed by atoms with Gasteiger partial charge in [0.15, 0.2) is 0 Å². The quantitative estimate of drug-likeness (QED) is 0.245. The van der Waals surface area contributed by atoms with E-state index in [9.17, 15) is 2.81 Å². The summed E-state index contributed by atoms with van der Waals surface area (Å²) in [7, 11) is 0. The summed E-state index contributed by atoms with van der Waals surface area (Å²) < 4.78 is 44.7. The number of hydrogen-bond acceptors (Lipinski definition) is 6. The standard InChI is InChI=1S/6O.2Pb.2Zr/q;;;;2*-1;;+2;;. The third kappa shape index (κ3) is 13.6. The Labute approximate surface area is 109 Å². The van der Waals surface area contributed by atoms with Gasteiger partial charge in [0.25, 0.3) is 0 Å². The van der Waals surface area contributed by atoms with E-state index in [1.807, 2.05) is 0 Å². The molecule has 0 aromatic rings. The van der Waals surface area contributed by atoms with Crippen LogP contribution in [-0.4, -0.2) is 52.4 Å². The van der Waals surface area contributed by atoms with Crippen molar-refractivity contribution in [3.05, 3.63) is 0 Å². The van der Waals surface area contributed by atoms with Crippen LogP contribution in [-0.2, 0) is 52.4 Å². The van der Waals surface area contributed by atoms with Crippen LogP contribution in [0.3, 0.4) is 0 Å². The van der Waals surface area contributed by atoms with Gasteiger partial charge in [-0.05, 0) is 0 Å². The van der Waals surface area contributed by atoms with Crippen molar-refractivity contribution in [2.45, 2.75) is 0 Å². The van der Waals surface area contributed by atoms with E-state index in [4.69, 9.17) is 9.18 Å². The second kappa shape index (κ2) is 10.1. The predicted octanol–water partition coefficient (Wildman–Crippen LogP) is -3.52. The predicted molar refractivity (Wildman–Crippen MR) is 15.1 cm³/mol. The summed E-state index contributed by atoms with van der Waals surface area (Å²) in [4.78, 5) is 0. The summed E-state index contributed by atoms with van der Waals surface area (Å²) in [5.74, 6) is 0. The molecule has 1 saturated heterocycles. The third-order valence-corrected chi connectivity index (χ3v) is 13.0. The number of rotatable bonds is 0. The summed E-state index contributed by atoms with van der Waals surface area (Å²) in [6, 6.07) is 0. The second-order valence-corrected chi connectivity index (χ2v) is 14.3. The Hall–Kier alpha value is 3.05. The van der Waals surface area contributed by atoms with Gasteiger partial charge in [-0.3, -0.25) is 0 Å². The molecule has 1 aliphatic rings. The largest absolute Gasteiger partial charge is 2.00 e. The van der Waals surface area contributed by atoms with Gasteiger partial charge in [0.2, 0.25) is 0 Å². The Morgan fingerprint density at radius 1 is 1.40 bits per heavy atom. The van der Waals surface area contributed by atoms with Crippen LogP contribution < -0.4 is 6.37 Å². The topological polar surface area (TPSA) is 98.7 Å². The normalized spacial score (nSPS) is 13.6. The van der Waals surface area contributed by atoms with Crippen molar-refractivity contribution in [2.75, 3.05) is 0 Å². The van der Waals surface area contributed by atoms with Crippen molar-refractivity contribution in [2.24, 2.45) is 0 Å². The molecule has 0 aromatic heterocycles. The maximum Gasteiger partial charge on any atom is 2.00 e. The molecule has 1 aliphatic heterocycles. The molecular formula is O6Pb2Zr2. The van der Waals surface area contributed by atoms with Crippen molar-refractivity contribution in [1.82, 2.24) is 0 Å². The van der Waals surface area contributed by atoms with Crippen LogP contribution in [0.15, 0.2) is 0 Å². The molecule has 0 saturated carbocycles. The fourth-order valence-electron chi connectivity index (χ4n) is 0.0757. The molecule has 0 aromatic carbocycles. The zero-order chi connectivity index (χ0) is 7.28. The molecule has 0 atom stereocenters. The molecule has 4 radical (unpaired) electrons. The van der Waals surface area contributed by atoms with Gasteiger partial charge >= 0.3 is 111 Å². The maximum atomic E-state index is 9.78. The number of hydrogen-bond donors (Lipinski definition) is 0. The smallest absolute Gasteiger partial charge is 2.00 e. The molecule has 10 heavy (non-hydrogen) atoms. The summed E-state index contributed by atoms with van der Waals surface area (Å²) in [5, 5.41) is 0. The molecule has 0 bridgehead atoms. The Morgan fingerprint density at radius 2 is 1.60 bits per heavy atom. The van der Waals surface area contributed by atoms with Crippen LogP contribution in [0.2, 0.25) is 0 Å². The monoisotopic (exact) mass is 692 g/mol. The van der Waals surface area contributed by atoms with Crippen LogP contribution in [0.1, 0.15) is 0 Å². The molecule has 0 N–H and O–H groups in total. The van der Waals surface area contributed by atoms with Crippen molar-refractivity contribution >= 4 is 52.4 Å². The molecule has 1 rings (SSSR count). The minimum absolute atomic E-state index is 0. The molecule has 52 valence electrons. The van der Waals surface area contributed by atoms with E-state index in [0.29, 0.717) is 0 Å². The molecule has 1 heterocycles. The van der Waals surface area contributed by atoms with Crippen molar-refractivity contribution in [3.63, 3.8) is 0 Å². The van der Waals surface area contributed by atoms with Gasteiger partial charge in [-0.15, -0.1) is 0 Å². The van der Waals surface area contributed by atoms with Gasteiger partial charge in [-0.2, -0.15) is 0 Å².